The lowest BCUT2D eigenvalue weighted by atomic mass is 10.1. The molecule has 1 heterocycles. The molecule has 1 N–H and O–H groups in total. The molecule has 1 aliphatic heterocycles. The second kappa shape index (κ2) is 7.49. The van der Waals surface area contributed by atoms with Crippen LogP contribution < -0.4 is 5.32 Å². The number of ketones is 1. The van der Waals surface area contributed by atoms with Crippen LogP contribution in [0.1, 0.15) is 35.9 Å². The summed E-state index contributed by atoms with van der Waals surface area (Å²) in [6, 6.07) is 16.7. The summed E-state index contributed by atoms with van der Waals surface area (Å²) in [4.78, 5) is 25.9. The van der Waals surface area contributed by atoms with E-state index in [0.29, 0.717) is 24.3 Å². The highest BCUT2D eigenvalue weighted by molar-refractivity contribution is 5.96. The summed E-state index contributed by atoms with van der Waals surface area (Å²) < 4.78 is 5.99. The monoisotopic (exact) mass is 338 g/mol. The van der Waals surface area contributed by atoms with Crippen molar-refractivity contribution in [3.8, 4) is 0 Å². The molecule has 3 rings (SSSR count). The number of hydrogen-bond donors (Lipinski definition) is 1. The van der Waals surface area contributed by atoms with Gasteiger partial charge < -0.3 is 15.0 Å². The van der Waals surface area contributed by atoms with Crippen LogP contribution in [-0.4, -0.2) is 35.9 Å². The fourth-order valence-corrected chi connectivity index (χ4v) is 2.99. The van der Waals surface area contributed by atoms with Crippen LogP contribution in [0.15, 0.2) is 54.6 Å². The largest absolute Gasteiger partial charge is 0.367 e. The number of amides is 2. The molecule has 130 valence electrons. The Morgan fingerprint density at radius 1 is 1.08 bits per heavy atom. The third-order valence-electron chi connectivity index (χ3n) is 4.24. The summed E-state index contributed by atoms with van der Waals surface area (Å²) in [6.07, 6.45) is -0.187. The molecule has 0 unspecified atom stereocenters. The highest BCUT2D eigenvalue weighted by Crippen LogP contribution is 2.25. The van der Waals surface area contributed by atoms with E-state index in [1.807, 2.05) is 37.3 Å². The molecule has 2 aromatic carbocycles. The molecular weight excluding hydrogens is 316 g/mol. The Morgan fingerprint density at radius 3 is 2.56 bits per heavy atom. The Kier molecular flexibility index (Phi) is 5.14. The SMILES string of the molecule is CC(=O)c1cccc(NC(=O)N2C[C@@H](c3ccccc3)O[C@@H](C)C2)c1. The molecular formula is C20H22N2O3. The van der Waals surface area contributed by atoms with Gasteiger partial charge in [-0.1, -0.05) is 42.5 Å². The van der Waals surface area contributed by atoms with Gasteiger partial charge in [0.2, 0.25) is 0 Å². The predicted octanol–water partition coefficient (Wildman–Crippen LogP) is 3.88. The van der Waals surface area contributed by atoms with Crippen molar-refractivity contribution < 1.29 is 14.3 Å². The number of urea groups is 1. The zero-order chi connectivity index (χ0) is 17.8. The van der Waals surface area contributed by atoms with E-state index >= 15 is 0 Å². The van der Waals surface area contributed by atoms with Gasteiger partial charge in [-0.3, -0.25) is 4.79 Å². The summed E-state index contributed by atoms with van der Waals surface area (Å²) in [5.41, 5.74) is 2.26. The molecule has 1 saturated heterocycles. The highest BCUT2D eigenvalue weighted by Gasteiger charge is 2.29. The number of carbonyl (C=O) groups is 2. The van der Waals surface area contributed by atoms with Gasteiger partial charge in [-0.2, -0.15) is 0 Å². The smallest absolute Gasteiger partial charge is 0.322 e. The zero-order valence-corrected chi connectivity index (χ0v) is 14.4. The van der Waals surface area contributed by atoms with Crippen LogP contribution in [0.4, 0.5) is 10.5 Å². The van der Waals surface area contributed by atoms with Crippen LogP contribution in [0.25, 0.3) is 0 Å². The van der Waals surface area contributed by atoms with E-state index in [9.17, 15) is 9.59 Å². The Bertz CT molecular complexity index is 761. The lowest BCUT2D eigenvalue weighted by Crippen LogP contribution is -2.47. The molecule has 2 aromatic rings. The van der Waals surface area contributed by atoms with E-state index in [1.54, 1.807) is 29.2 Å². The lowest BCUT2D eigenvalue weighted by molar-refractivity contribution is -0.0642. The third-order valence-corrected chi connectivity index (χ3v) is 4.24. The average Bonchev–Trinajstić information content (AvgIpc) is 2.62. The zero-order valence-electron chi connectivity index (χ0n) is 14.4. The lowest BCUT2D eigenvalue weighted by Gasteiger charge is -2.37. The van der Waals surface area contributed by atoms with Crippen molar-refractivity contribution in [2.24, 2.45) is 0 Å². The van der Waals surface area contributed by atoms with Crippen molar-refractivity contribution in [1.82, 2.24) is 4.90 Å². The molecule has 0 bridgehead atoms. The molecule has 0 spiro atoms. The Labute approximate surface area is 147 Å². The Morgan fingerprint density at radius 2 is 1.84 bits per heavy atom. The molecule has 5 nitrogen and oxygen atoms in total. The maximum atomic E-state index is 12.6. The van der Waals surface area contributed by atoms with Crippen molar-refractivity contribution >= 4 is 17.5 Å². The van der Waals surface area contributed by atoms with Gasteiger partial charge in [0, 0.05) is 17.8 Å². The predicted molar refractivity (Wildman–Crippen MR) is 96.8 cm³/mol. The molecule has 0 aliphatic carbocycles. The minimum atomic E-state index is -0.184. The van der Waals surface area contributed by atoms with E-state index in [1.165, 1.54) is 6.92 Å². The fourth-order valence-electron chi connectivity index (χ4n) is 2.99. The molecule has 1 aliphatic rings. The number of carbonyl (C=O) groups excluding carboxylic acids is 2. The Balaban J connectivity index is 1.71. The van der Waals surface area contributed by atoms with Gasteiger partial charge in [-0.15, -0.1) is 0 Å². The summed E-state index contributed by atoms with van der Waals surface area (Å²) in [5.74, 6) is -0.0276. The number of nitrogens with zero attached hydrogens (tertiary/aromatic N) is 1. The van der Waals surface area contributed by atoms with E-state index in [2.05, 4.69) is 5.32 Å². The molecule has 25 heavy (non-hydrogen) atoms. The van der Waals surface area contributed by atoms with E-state index < -0.39 is 0 Å². The van der Waals surface area contributed by atoms with Gasteiger partial charge in [-0.25, -0.2) is 4.79 Å². The first-order valence-corrected chi connectivity index (χ1v) is 8.40. The van der Waals surface area contributed by atoms with Crippen LogP contribution in [0.2, 0.25) is 0 Å². The highest BCUT2D eigenvalue weighted by atomic mass is 16.5. The second-order valence-corrected chi connectivity index (χ2v) is 6.32. The molecule has 0 radical (unpaired) electrons. The van der Waals surface area contributed by atoms with Gasteiger partial charge in [0.05, 0.1) is 12.6 Å². The number of hydrogen-bond acceptors (Lipinski definition) is 3. The van der Waals surface area contributed by atoms with E-state index in [-0.39, 0.29) is 24.0 Å². The van der Waals surface area contributed by atoms with Gasteiger partial charge in [0.25, 0.3) is 0 Å². The molecule has 5 heteroatoms. The van der Waals surface area contributed by atoms with Gasteiger partial charge in [0.15, 0.2) is 5.78 Å². The summed E-state index contributed by atoms with van der Waals surface area (Å²) in [7, 11) is 0. The minimum Gasteiger partial charge on any atom is -0.367 e. The first kappa shape index (κ1) is 17.2. The molecule has 0 saturated carbocycles. The second-order valence-electron chi connectivity index (χ2n) is 6.32. The van der Waals surface area contributed by atoms with Crippen molar-refractivity contribution in [2.45, 2.75) is 26.1 Å². The topological polar surface area (TPSA) is 58.6 Å². The van der Waals surface area contributed by atoms with E-state index in [4.69, 9.17) is 4.74 Å². The number of rotatable bonds is 3. The van der Waals surface area contributed by atoms with E-state index in [0.717, 1.165) is 5.56 Å². The minimum absolute atomic E-state index is 0.0276. The number of Topliss-reactive ketones (excluding diaryl/α,β-unsaturated/α-hetero) is 1. The summed E-state index contributed by atoms with van der Waals surface area (Å²) >= 11 is 0. The molecule has 2 amide bonds. The number of anilines is 1. The van der Waals surface area contributed by atoms with Crippen molar-refractivity contribution in [3.05, 3.63) is 65.7 Å². The third kappa shape index (κ3) is 4.25. The number of benzene rings is 2. The molecule has 0 aromatic heterocycles. The fraction of sp³-hybridized carbons (Fsp3) is 0.300. The van der Waals surface area contributed by atoms with Crippen LogP contribution in [0.3, 0.4) is 0 Å². The van der Waals surface area contributed by atoms with Crippen LogP contribution in [0, 0.1) is 0 Å². The number of nitrogens with one attached hydrogen (secondary N) is 1. The molecule has 2 atom stereocenters. The van der Waals surface area contributed by atoms with Crippen molar-refractivity contribution in [1.29, 1.82) is 0 Å². The maximum absolute atomic E-state index is 12.6. The standard InChI is InChI=1S/C20H22N2O3/c1-14-12-22(13-19(25-14)16-7-4-3-5-8-16)20(24)21-18-10-6-9-17(11-18)15(2)23/h3-11,14,19H,12-13H2,1-2H3,(H,21,24)/t14-,19-/m0/s1. The van der Waals surface area contributed by atoms with Gasteiger partial charge >= 0.3 is 6.03 Å². The quantitative estimate of drug-likeness (QED) is 0.864. The van der Waals surface area contributed by atoms with Gasteiger partial charge in [-0.05, 0) is 31.5 Å². The number of ether oxygens (including phenoxy) is 1. The maximum Gasteiger partial charge on any atom is 0.322 e. The first-order chi connectivity index (χ1) is 12.0. The summed E-state index contributed by atoms with van der Waals surface area (Å²) in [6.45, 7) is 4.49. The van der Waals surface area contributed by atoms with Crippen LogP contribution >= 0.6 is 0 Å². The first-order valence-electron chi connectivity index (χ1n) is 8.40. The normalized spacial score (nSPS) is 20.2. The Hall–Kier alpha value is -2.66. The van der Waals surface area contributed by atoms with Gasteiger partial charge in [0.1, 0.15) is 6.10 Å². The van der Waals surface area contributed by atoms with Crippen LogP contribution in [0.5, 0.6) is 0 Å². The van der Waals surface area contributed by atoms with Crippen molar-refractivity contribution in [3.63, 3.8) is 0 Å². The number of morpholine rings is 1. The average molecular weight is 338 g/mol. The molecule has 1 fully saturated rings. The van der Waals surface area contributed by atoms with Crippen LogP contribution in [-0.2, 0) is 4.74 Å². The van der Waals surface area contributed by atoms with Crippen molar-refractivity contribution in [2.75, 3.05) is 18.4 Å². The summed E-state index contributed by atoms with van der Waals surface area (Å²) in [5, 5.41) is 2.88.